The number of benzene rings is 1. The lowest BCUT2D eigenvalue weighted by Gasteiger charge is -2.15. The van der Waals surface area contributed by atoms with Crippen molar-refractivity contribution in [2.24, 2.45) is 0 Å². The van der Waals surface area contributed by atoms with Crippen LogP contribution in [-0.2, 0) is 16.0 Å². The molecule has 0 aliphatic rings. The molecule has 0 radical (unpaired) electrons. The van der Waals surface area contributed by atoms with Crippen molar-refractivity contribution in [1.82, 2.24) is 0 Å². The van der Waals surface area contributed by atoms with Crippen molar-refractivity contribution < 1.29 is 19.4 Å². The van der Waals surface area contributed by atoms with Gasteiger partial charge in [0.05, 0.1) is 13.2 Å². The molecule has 0 amide bonds. The van der Waals surface area contributed by atoms with Crippen LogP contribution in [0.5, 0.6) is 5.75 Å². The zero-order chi connectivity index (χ0) is 14.1. The summed E-state index contributed by atoms with van der Waals surface area (Å²) in [5.41, 5.74) is -0.437. The van der Waals surface area contributed by atoms with Gasteiger partial charge in [-0.3, -0.25) is 0 Å². The molecule has 1 unspecified atom stereocenters. The molecule has 0 fully saturated rings. The number of carbonyl (C=O) groups is 1. The van der Waals surface area contributed by atoms with E-state index in [-0.39, 0.29) is 0 Å². The predicted octanol–water partition coefficient (Wildman–Crippen LogP) is 1.76. The Hall–Kier alpha value is -1.65. The number of aldehydes is 1. The number of rotatable bonds is 9. The number of hydrogen-bond donors (Lipinski definition) is 1. The highest BCUT2D eigenvalue weighted by Crippen LogP contribution is 2.16. The van der Waals surface area contributed by atoms with E-state index in [0.717, 1.165) is 11.3 Å². The van der Waals surface area contributed by atoms with Crippen molar-refractivity contribution in [2.75, 3.05) is 19.8 Å². The maximum atomic E-state index is 10.6. The van der Waals surface area contributed by atoms with Crippen LogP contribution in [0.25, 0.3) is 0 Å². The third-order valence-electron chi connectivity index (χ3n) is 2.47. The van der Waals surface area contributed by atoms with Crippen LogP contribution >= 0.6 is 0 Å². The third kappa shape index (κ3) is 6.18. The van der Waals surface area contributed by atoms with Crippen LogP contribution in [0.3, 0.4) is 0 Å². The van der Waals surface area contributed by atoms with Gasteiger partial charge in [0.25, 0.3) is 0 Å². The molecule has 0 bridgehead atoms. The number of ether oxygens (including phenoxy) is 2. The molecular weight excluding hydrogens is 244 g/mol. The molecule has 1 atom stereocenters. The lowest BCUT2D eigenvalue weighted by molar-refractivity contribution is -0.122. The Morgan fingerprint density at radius 1 is 1.32 bits per heavy atom. The molecule has 4 nitrogen and oxygen atoms in total. The summed E-state index contributed by atoms with van der Waals surface area (Å²) in [6.45, 7) is 6.53. The van der Waals surface area contributed by atoms with Crippen LogP contribution in [-0.4, -0.2) is 36.8 Å². The first-order valence-electron chi connectivity index (χ1n) is 6.16. The molecule has 0 heterocycles. The quantitative estimate of drug-likeness (QED) is 0.419. The minimum atomic E-state index is -1.32. The Morgan fingerprint density at radius 2 is 2.00 bits per heavy atom. The van der Waals surface area contributed by atoms with Crippen LogP contribution in [0.4, 0.5) is 0 Å². The van der Waals surface area contributed by atoms with Crippen molar-refractivity contribution >= 4 is 6.29 Å². The second kappa shape index (κ2) is 7.71. The predicted molar refractivity (Wildman–Crippen MR) is 73.3 cm³/mol. The van der Waals surface area contributed by atoms with E-state index >= 15 is 0 Å². The number of hydrogen-bond acceptors (Lipinski definition) is 4. The van der Waals surface area contributed by atoms with Crippen LogP contribution in [0, 0.1) is 0 Å². The summed E-state index contributed by atoms with van der Waals surface area (Å²) in [6, 6.07) is 7.28. The fourth-order valence-corrected chi connectivity index (χ4v) is 1.54. The average molecular weight is 264 g/mol. The van der Waals surface area contributed by atoms with Crippen LogP contribution < -0.4 is 4.74 Å². The Kier molecular flexibility index (Phi) is 6.25. The maximum Gasteiger partial charge on any atom is 0.151 e. The van der Waals surface area contributed by atoms with Crippen molar-refractivity contribution in [3.05, 3.63) is 42.5 Å². The first-order chi connectivity index (χ1) is 9.07. The molecular formula is C15H20O4. The minimum Gasteiger partial charge on any atom is -0.491 e. The fraction of sp³-hybridized carbons (Fsp3) is 0.400. The van der Waals surface area contributed by atoms with Crippen molar-refractivity contribution in [1.29, 1.82) is 0 Å². The summed E-state index contributed by atoms with van der Waals surface area (Å²) in [6.07, 6.45) is 2.53. The summed E-state index contributed by atoms with van der Waals surface area (Å²) >= 11 is 0. The van der Waals surface area contributed by atoms with Crippen LogP contribution in [0.15, 0.2) is 36.9 Å². The van der Waals surface area contributed by atoms with Crippen LogP contribution in [0.2, 0.25) is 0 Å². The smallest absolute Gasteiger partial charge is 0.151 e. The van der Waals surface area contributed by atoms with Gasteiger partial charge in [-0.1, -0.05) is 18.2 Å². The molecule has 0 saturated carbocycles. The minimum absolute atomic E-state index is 0.291. The van der Waals surface area contributed by atoms with Gasteiger partial charge in [0.15, 0.2) is 6.29 Å². The van der Waals surface area contributed by atoms with Gasteiger partial charge in [-0.2, -0.15) is 0 Å². The highest BCUT2D eigenvalue weighted by atomic mass is 16.5. The van der Waals surface area contributed by atoms with E-state index in [9.17, 15) is 9.90 Å². The molecule has 19 heavy (non-hydrogen) atoms. The second-order valence-corrected chi connectivity index (χ2v) is 4.51. The third-order valence-corrected chi connectivity index (χ3v) is 2.47. The van der Waals surface area contributed by atoms with Crippen LogP contribution in [0.1, 0.15) is 12.5 Å². The lowest BCUT2D eigenvalue weighted by atomic mass is 9.98. The van der Waals surface area contributed by atoms with Gasteiger partial charge in [0, 0.05) is 6.42 Å². The molecule has 4 heteroatoms. The first kappa shape index (κ1) is 15.4. The Balaban J connectivity index is 2.39. The van der Waals surface area contributed by atoms with Crippen molar-refractivity contribution in [3.8, 4) is 5.75 Å². The average Bonchev–Trinajstić information content (AvgIpc) is 2.40. The molecule has 1 N–H and O–H groups in total. The van der Waals surface area contributed by atoms with Gasteiger partial charge < -0.3 is 19.4 Å². The van der Waals surface area contributed by atoms with E-state index in [1.54, 1.807) is 6.08 Å². The summed E-state index contributed by atoms with van der Waals surface area (Å²) in [4.78, 5) is 10.6. The molecule has 104 valence electrons. The number of aliphatic hydroxyl groups is 1. The Labute approximate surface area is 113 Å². The van der Waals surface area contributed by atoms with Crippen molar-refractivity contribution in [3.63, 3.8) is 0 Å². The summed E-state index contributed by atoms with van der Waals surface area (Å²) < 4.78 is 10.7. The molecule has 0 aliphatic heterocycles. The molecule has 1 aromatic carbocycles. The van der Waals surface area contributed by atoms with E-state index in [4.69, 9.17) is 9.47 Å². The monoisotopic (exact) mass is 264 g/mol. The topological polar surface area (TPSA) is 55.8 Å². The summed E-state index contributed by atoms with van der Waals surface area (Å²) in [7, 11) is 0. The van der Waals surface area contributed by atoms with Gasteiger partial charge in [0.2, 0.25) is 0 Å². The van der Waals surface area contributed by atoms with Crippen molar-refractivity contribution in [2.45, 2.75) is 18.9 Å². The highest BCUT2D eigenvalue weighted by molar-refractivity contribution is 5.62. The molecule has 0 saturated heterocycles. The van der Waals surface area contributed by atoms with E-state index in [2.05, 4.69) is 6.58 Å². The standard InChI is InChI=1S/C15H20O4/c1-3-8-18-9-10-19-14-6-4-13(5-7-14)11-15(2,17)12-16/h3-7,12,17H,1,8-11H2,2H3. The van der Waals surface area contributed by atoms with Gasteiger partial charge in [0.1, 0.15) is 18.0 Å². The first-order valence-corrected chi connectivity index (χ1v) is 6.16. The zero-order valence-corrected chi connectivity index (χ0v) is 11.2. The molecule has 0 aromatic heterocycles. The maximum absolute atomic E-state index is 10.6. The van der Waals surface area contributed by atoms with Gasteiger partial charge >= 0.3 is 0 Å². The second-order valence-electron chi connectivity index (χ2n) is 4.51. The summed E-state index contributed by atoms with van der Waals surface area (Å²) in [5, 5.41) is 9.65. The van der Waals surface area contributed by atoms with Gasteiger partial charge in [-0.15, -0.1) is 6.58 Å². The van der Waals surface area contributed by atoms with E-state index in [1.807, 2.05) is 24.3 Å². The molecule has 0 aliphatic carbocycles. The molecule has 1 rings (SSSR count). The van der Waals surface area contributed by atoms with E-state index < -0.39 is 5.60 Å². The van der Waals surface area contributed by atoms with E-state index in [0.29, 0.717) is 32.5 Å². The van der Waals surface area contributed by atoms with Gasteiger partial charge in [-0.05, 0) is 24.6 Å². The largest absolute Gasteiger partial charge is 0.491 e. The molecule has 1 aromatic rings. The normalized spacial score (nSPS) is 13.6. The fourth-order valence-electron chi connectivity index (χ4n) is 1.54. The van der Waals surface area contributed by atoms with E-state index in [1.165, 1.54) is 6.92 Å². The summed E-state index contributed by atoms with van der Waals surface area (Å²) in [5.74, 6) is 0.733. The SMILES string of the molecule is C=CCOCCOc1ccc(CC(C)(O)C=O)cc1. The highest BCUT2D eigenvalue weighted by Gasteiger charge is 2.19. The van der Waals surface area contributed by atoms with Gasteiger partial charge in [-0.25, -0.2) is 0 Å². The lowest BCUT2D eigenvalue weighted by Crippen LogP contribution is -2.28. The Morgan fingerprint density at radius 3 is 2.58 bits per heavy atom. The molecule has 0 spiro atoms. The Bertz CT molecular complexity index is 395. The zero-order valence-electron chi connectivity index (χ0n) is 11.2. The number of carbonyl (C=O) groups excluding carboxylic acids is 1.